The number of hydrogen-bond donors (Lipinski definition) is 1. The van der Waals surface area contributed by atoms with Gasteiger partial charge in [0.2, 0.25) is 0 Å². The lowest BCUT2D eigenvalue weighted by atomic mass is 10.5. The van der Waals surface area contributed by atoms with Gasteiger partial charge in [-0.05, 0) is 13.0 Å². The monoisotopic (exact) mass is 207 g/mol. The van der Waals surface area contributed by atoms with Crippen LogP contribution in [0.5, 0.6) is 0 Å². The van der Waals surface area contributed by atoms with Gasteiger partial charge < -0.3 is 10.1 Å². The Labute approximate surface area is 83.7 Å². The Kier molecular flexibility index (Phi) is 8.71. The quantitative estimate of drug-likeness (QED) is 0.598. The van der Waals surface area contributed by atoms with E-state index >= 15 is 0 Å². The van der Waals surface area contributed by atoms with Crippen LogP contribution in [0, 0.1) is 0 Å². The van der Waals surface area contributed by atoms with E-state index in [1.54, 1.807) is 7.11 Å². The van der Waals surface area contributed by atoms with Crippen LogP contribution < -0.4 is 5.32 Å². The number of ether oxygens (including phenoxy) is 1. The lowest BCUT2D eigenvalue weighted by molar-refractivity contribution is 0.199. The molecule has 0 rings (SSSR count). The summed E-state index contributed by atoms with van der Waals surface area (Å²) in [6.45, 7) is 6.54. The Morgan fingerprint density at radius 3 is 2.62 bits per heavy atom. The van der Waals surface area contributed by atoms with Gasteiger partial charge in [-0.25, -0.2) is 0 Å². The van der Waals surface area contributed by atoms with E-state index in [-0.39, 0.29) is 0 Å². The zero-order valence-electron chi connectivity index (χ0n) is 8.84. The summed E-state index contributed by atoms with van der Waals surface area (Å²) >= 11 is 0. The molecule has 4 heteroatoms. The summed E-state index contributed by atoms with van der Waals surface area (Å²) in [4.78, 5) is 0. The normalized spacial score (nSPS) is 13.5. The second kappa shape index (κ2) is 8.66. The van der Waals surface area contributed by atoms with Crippen LogP contribution in [0.3, 0.4) is 0 Å². The summed E-state index contributed by atoms with van der Waals surface area (Å²) in [5.41, 5.74) is 0. The summed E-state index contributed by atoms with van der Waals surface area (Å²) in [6.07, 6.45) is 0.981. The topological polar surface area (TPSA) is 38.3 Å². The van der Waals surface area contributed by atoms with E-state index < -0.39 is 10.8 Å². The van der Waals surface area contributed by atoms with Crippen LogP contribution in [0.15, 0.2) is 0 Å². The molecule has 0 radical (unpaired) electrons. The minimum absolute atomic E-state index is 0.291. The average Bonchev–Trinajstić information content (AvgIpc) is 2.10. The van der Waals surface area contributed by atoms with Crippen molar-refractivity contribution < 1.29 is 8.95 Å². The summed E-state index contributed by atoms with van der Waals surface area (Å²) in [5, 5.41) is 3.51. The summed E-state index contributed by atoms with van der Waals surface area (Å²) in [5.74, 6) is 0.803. The minimum Gasteiger partial charge on any atom is -0.383 e. The predicted octanol–water partition coefficient (Wildman–Crippen LogP) is 0.770. The highest BCUT2D eigenvalue weighted by Gasteiger charge is 2.03. The lowest BCUT2D eigenvalue weighted by Crippen LogP contribution is -2.22. The molecule has 1 N–H and O–H groups in total. The molecule has 0 spiro atoms. The first-order valence-corrected chi connectivity index (χ1v) is 6.13. The highest BCUT2D eigenvalue weighted by Crippen LogP contribution is 1.95. The number of nitrogens with one attached hydrogen (secondary N) is 1. The van der Waals surface area contributed by atoms with E-state index in [1.807, 2.05) is 13.8 Å². The molecule has 0 heterocycles. The first kappa shape index (κ1) is 13.1. The molecular weight excluding hydrogens is 186 g/mol. The molecule has 1 unspecified atom stereocenters. The highest BCUT2D eigenvalue weighted by molar-refractivity contribution is 7.85. The van der Waals surface area contributed by atoms with E-state index in [2.05, 4.69) is 5.32 Å². The molecule has 3 nitrogen and oxygen atoms in total. The van der Waals surface area contributed by atoms with Gasteiger partial charge >= 0.3 is 0 Å². The number of rotatable bonds is 8. The van der Waals surface area contributed by atoms with Gasteiger partial charge in [-0.1, -0.05) is 13.8 Å². The Hall–Kier alpha value is 0.0700. The first-order chi connectivity index (χ1) is 6.18. The molecule has 0 aliphatic rings. The standard InChI is InChI=1S/C9H21NO2S/c1-9(2)13(11)8-4-5-10-6-7-12-3/h9-10H,4-8H2,1-3H3. The van der Waals surface area contributed by atoms with Crippen molar-refractivity contribution in [3.63, 3.8) is 0 Å². The van der Waals surface area contributed by atoms with Crippen molar-refractivity contribution in [3.05, 3.63) is 0 Å². The van der Waals surface area contributed by atoms with Crippen LogP contribution in [-0.2, 0) is 15.5 Å². The third-order valence-corrected chi connectivity index (χ3v) is 3.45. The van der Waals surface area contributed by atoms with Crippen molar-refractivity contribution in [1.82, 2.24) is 5.32 Å². The van der Waals surface area contributed by atoms with Crippen LogP contribution in [0.4, 0.5) is 0 Å². The van der Waals surface area contributed by atoms with Gasteiger partial charge in [0.1, 0.15) is 0 Å². The maximum absolute atomic E-state index is 11.3. The molecule has 13 heavy (non-hydrogen) atoms. The van der Waals surface area contributed by atoms with Crippen LogP contribution in [-0.4, -0.2) is 42.0 Å². The average molecular weight is 207 g/mol. The molecule has 0 aromatic rings. The zero-order chi connectivity index (χ0) is 10.1. The molecule has 1 atom stereocenters. The molecule has 0 fully saturated rings. The van der Waals surface area contributed by atoms with Crippen molar-refractivity contribution in [2.45, 2.75) is 25.5 Å². The highest BCUT2D eigenvalue weighted by atomic mass is 32.2. The Morgan fingerprint density at radius 1 is 1.38 bits per heavy atom. The Bertz CT molecular complexity index is 140. The Morgan fingerprint density at radius 2 is 2.08 bits per heavy atom. The van der Waals surface area contributed by atoms with Gasteiger partial charge in [0, 0.05) is 35.5 Å². The van der Waals surface area contributed by atoms with E-state index in [0.29, 0.717) is 5.25 Å². The van der Waals surface area contributed by atoms with E-state index in [0.717, 1.165) is 31.9 Å². The summed E-state index contributed by atoms with van der Waals surface area (Å²) in [6, 6.07) is 0. The molecule has 0 aromatic heterocycles. The van der Waals surface area contributed by atoms with Crippen LogP contribution in [0.25, 0.3) is 0 Å². The summed E-state index contributed by atoms with van der Waals surface area (Å²) in [7, 11) is 1.04. The zero-order valence-corrected chi connectivity index (χ0v) is 9.65. The minimum atomic E-state index is -0.650. The molecule has 0 aromatic carbocycles. The van der Waals surface area contributed by atoms with Crippen molar-refractivity contribution >= 4 is 10.8 Å². The maximum Gasteiger partial charge on any atom is 0.0587 e. The van der Waals surface area contributed by atoms with Crippen molar-refractivity contribution in [2.24, 2.45) is 0 Å². The van der Waals surface area contributed by atoms with Gasteiger partial charge in [-0.15, -0.1) is 0 Å². The number of methoxy groups -OCH3 is 1. The third-order valence-electron chi connectivity index (χ3n) is 1.71. The van der Waals surface area contributed by atoms with E-state index in [9.17, 15) is 4.21 Å². The van der Waals surface area contributed by atoms with Gasteiger partial charge in [0.25, 0.3) is 0 Å². The molecule has 0 aliphatic heterocycles. The van der Waals surface area contributed by atoms with E-state index in [1.165, 1.54) is 0 Å². The van der Waals surface area contributed by atoms with Crippen LogP contribution in [0.2, 0.25) is 0 Å². The third kappa shape index (κ3) is 8.40. The van der Waals surface area contributed by atoms with Crippen molar-refractivity contribution in [2.75, 3.05) is 32.6 Å². The summed E-state index contributed by atoms with van der Waals surface area (Å²) < 4.78 is 16.2. The van der Waals surface area contributed by atoms with Gasteiger partial charge in [-0.3, -0.25) is 4.21 Å². The molecule has 0 aliphatic carbocycles. The van der Waals surface area contributed by atoms with Gasteiger partial charge in [-0.2, -0.15) is 0 Å². The molecule has 0 amide bonds. The molecule has 0 saturated carbocycles. The number of hydrogen-bond acceptors (Lipinski definition) is 3. The smallest absolute Gasteiger partial charge is 0.0587 e. The fourth-order valence-electron chi connectivity index (χ4n) is 0.874. The molecule has 80 valence electrons. The van der Waals surface area contributed by atoms with Gasteiger partial charge in [0.15, 0.2) is 0 Å². The van der Waals surface area contributed by atoms with Crippen LogP contribution >= 0.6 is 0 Å². The fraction of sp³-hybridized carbons (Fsp3) is 1.00. The second-order valence-corrected chi connectivity index (χ2v) is 5.34. The van der Waals surface area contributed by atoms with Crippen molar-refractivity contribution in [1.29, 1.82) is 0 Å². The first-order valence-electron chi connectivity index (χ1n) is 4.75. The molecular formula is C9H21NO2S. The predicted molar refractivity (Wildman–Crippen MR) is 57.5 cm³/mol. The SMILES string of the molecule is COCCNCCCS(=O)C(C)C. The largest absolute Gasteiger partial charge is 0.383 e. The molecule has 0 saturated heterocycles. The van der Waals surface area contributed by atoms with Crippen molar-refractivity contribution in [3.8, 4) is 0 Å². The van der Waals surface area contributed by atoms with E-state index in [4.69, 9.17) is 4.74 Å². The second-order valence-electron chi connectivity index (χ2n) is 3.23. The molecule has 0 bridgehead atoms. The van der Waals surface area contributed by atoms with Crippen LogP contribution in [0.1, 0.15) is 20.3 Å². The Balaban J connectivity index is 3.12. The lowest BCUT2D eigenvalue weighted by Gasteiger charge is -2.06. The fourth-order valence-corrected chi connectivity index (χ4v) is 1.77. The van der Waals surface area contributed by atoms with Gasteiger partial charge in [0.05, 0.1) is 6.61 Å². The maximum atomic E-state index is 11.3.